The summed E-state index contributed by atoms with van der Waals surface area (Å²) < 4.78 is 10.6. The van der Waals surface area contributed by atoms with E-state index >= 15 is 0 Å². The topological polar surface area (TPSA) is 41.5 Å². The summed E-state index contributed by atoms with van der Waals surface area (Å²) in [4.78, 5) is 12.0. The van der Waals surface area contributed by atoms with E-state index in [-0.39, 0.29) is 19.5 Å². The molecule has 0 rings (SSSR count). The second-order valence-corrected chi connectivity index (χ2v) is 9.82. The second-order valence-electron chi connectivity index (χ2n) is 7.06. The van der Waals surface area contributed by atoms with Gasteiger partial charge in [-0.05, 0) is 12.8 Å². The SMILES string of the molecule is CCCCCCCCCCOP([O-])(=S)OCCCCCCCCCC.[Zn]. The van der Waals surface area contributed by atoms with Crippen molar-refractivity contribution in [2.24, 2.45) is 0 Å². The van der Waals surface area contributed by atoms with Crippen molar-refractivity contribution in [2.45, 2.75) is 117 Å². The zero-order chi connectivity index (χ0) is 18.6. The van der Waals surface area contributed by atoms with Gasteiger partial charge in [-0.15, -0.1) is 0 Å². The van der Waals surface area contributed by atoms with E-state index in [9.17, 15) is 4.89 Å². The molecule has 0 aromatic heterocycles. The largest absolute Gasteiger partial charge is 0.780 e. The summed E-state index contributed by atoms with van der Waals surface area (Å²) in [7, 11) is 0. The molecule has 154 valence electrons. The van der Waals surface area contributed by atoms with Gasteiger partial charge in [-0.2, -0.15) is 0 Å². The van der Waals surface area contributed by atoms with Crippen LogP contribution in [0.3, 0.4) is 0 Å². The first-order valence-corrected chi connectivity index (χ1v) is 13.3. The molecule has 0 unspecified atom stereocenters. The first-order valence-electron chi connectivity index (χ1n) is 10.7. The van der Waals surface area contributed by atoms with Gasteiger partial charge in [0.1, 0.15) is 6.72 Å². The molecular weight excluding hydrogens is 417 g/mol. The Kier molecular flexibility index (Phi) is 25.3. The Balaban J connectivity index is 0. The fourth-order valence-electron chi connectivity index (χ4n) is 2.86. The van der Waals surface area contributed by atoms with E-state index in [4.69, 9.17) is 20.9 Å². The monoisotopic (exact) mass is 457 g/mol. The number of rotatable bonds is 20. The van der Waals surface area contributed by atoms with Crippen LogP contribution < -0.4 is 4.89 Å². The maximum absolute atomic E-state index is 12.0. The van der Waals surface area contributed by atoms with Crippen molar-refractivity contribution in [3.63, 3.8) is 0 Å². The van der Waals surface area contributed by atoms with E-state index in [1.807, 2.05) is 0 Å². The standard InChI is InChI=1S/C20H43O3PS.Zn/c1-3-5-7-9-11-13-15-17-19-22-24(21,25)23-20-18-16-14-12-10-8-6-4-2;/h3-20H2,1-2H3,(H,21,25);/p-1. The van der Waals surface area contributed by atoms with Crippen LogP contribution in [0, 0.1) is 0 Å². The van der Waals surface area contributed by atoms with Crippen molar-refractivity contribution >= 4 is 18.5 Å². The van der Waals surface area contributed by atoms with E-state index in [0.717, 1.165) is 25.7 Å². The molecule has 0 atom stereocenters. The van der Waals surface area contributed by atoms with Crippen LogP contribution in [0.25, 0.3) is 0 Å². The third kappa shape index (κ3) is 23.2. The second kappa shape index (κ2) is 22.4. The van der Waals surface area contributed by atoms with Gasteiger partial charge in [0, 0.05) is 19.5 Å². The van der Waals surface area contributed by atoms with Crippen LogP contribution in [0.5, 0.6) is 0 Å². The molecule has 0 heterocycles. The van der Waals surface area contributed by atoms with Gasteiger partial charge in [-0.3, -0.25) is 0 Å². The Morgan fingerprint density at radius 3 is 1.15 bits per heavy atom. The third-order valence-corrected chi connectivity index (χ3v) is 6.12. The Bertz CT molecular complexity index is 293. The molecule has 26 heavy (non-hydrogen) atoms. The van der Waals surface area contributed by atoms with Crippen LogP contribution in [0.1, 0.15) is 117 Å². The molecule has 6 heteroatoms. The van der Waals surface area contributed by atoms with Gasteiger partial charge < -0.3 is 13.9 Å². The van der Waals surface area contributed by atoms with Crippen molar-refractivity contribution in [1.29, 1.82) is 0 Å². The molecule has 0 radical (unpaired) electrons. The minimum Gasteiger partial charge on any atom is -0.780 e. The first kappa shape index (κ1) is 29.4. The van der Waals surface area contributed by atoms with Crippen LogP contribution >= 0.6 is 6.72 Å². The summed E-state index contributed by atoms with van der Waals surface area (Å²) >= 11 is 4.95. The van der Waals surface area contributed by atoms with Crippen molar-refractivity contribution in [3.8, 4) is 0 Å². The van der Waals surface area contributed by atoms with Gasteiger partial charge >= 0.3 is 0 Å². The molecule has 0 aromatic rings. The molecule has 0 N–H and O–H groups in total. The summed E-state index contributed by atoms with van der Waals surface area (Å²) in [6.45, 7) is 2.16. The van der Waals surface area contributed by atoms with Crippen LogP contribution in [0.2, 0.25) is 0 Å². The molecule has 0 amide bonds. The molecule has 0 aliphatic rings. The predicted octanol–water partition coefficient (Wildman–Crippen LogP) is 6.88. The Morgan fingerprint density at radius 1 is 0.577 bits per heavy atom. The molecule has 0 bridgehead atoms. The Labute approximate surface area is 181 Å². The van der Waals surface area contributed by atoms with Gasteiger partial charge in [0.2, 0.25) is 0 Å². The van der Waals surface area contributed by atoms with Crippen LogP contribution in [-0.4, -0.2) is 13.2 Å². The average molecular weight is 459 g/mol. The zero-order valence-electron chi connectivity index (χ0n) is 17.5. The first-order chi connectivity index (χ1) is 12.1. The predicted molar refractivity (Wildman–Crippen MR) is 111 cm³/mol. The van der Waals surface area contributed by atoms with Crippen LogP contribution in [-0.2, 0) is 40.3 Å². The van der Waals surface area contributed by atoms with E-state index in [1.165, 1.54) is 77.0 Å². The molecule has 0 spiro atoms. The third-order valence-electron chi connectivity index (χ3n) is 4.49. The molecule has 0 saturated carbocycles. The van der Waals surface area contributed by atoms with Gasteiger partial charge in [0.15, 0.2) is 0 Å². The van der Waals surface area contributed by atoms with Gasteiger partial charge in [0.05, 0.1) is 13.2 Å². The maximum atomic E-state index is 12.0. The minimum atomic E-state index is -3.25. The summed E-state index contributed by atoms with van der Waals surface area (Å²) in [6.07, 6.45) is 19.8. The molecule has 0 saturated heterocycles. The van der Waals surface area contributed by atoms with Crippen molar-refractivity contribution in [1.82, 2.24) is 0 Å². The number of hydrogen-bond acceptors (Lipinski definition) is 4. The molecule has 0 aliphatic heterocycles. The smallest absolute Gasteiger partial charge is 0.115 e. The van der Waals surface area contributed by atoms with E-state index in [1.54, 1.807) is 0 Å². The van der Waals surface area contributed by atoms with Gasteiger partial charge in [-0.1, -0.05) is 116 Å². The van der Waals surface area contributed by atoms with Crippen LogP contribution in [0.4, 0.5) is 0 Å². The zero-order valence-corrected chi connectivity index (χ0v) is 22.2. The Morgan fingerprint density at radius 2 is 0.846 bits per heavy atom. The molecule has 0 fully saturated rings. The van der Waals surface area contributed by atoms with Gasteiger partial charge in [-0.25, -0.2) is 0 Å². The minimum absolute atomic E-state index is 0. The van der Waals surface area contributed by atoms with Gasteiger partial charge in [0.25, 0.3) is 0 Å². The van der Waals surface area contributed by atoms with E-state index in [2.05, 4.69) is 13.8 Å². The summed E-state index contributed by atoms with van der Waals surface area (Å²) in [5.41, 5.74) is 0. The van der Waals surface area contributed by atoms with Crippen molar-refractivity contribution in [3.05, 3.63) is 0 Å². The average Bonchev–Trinajstić information content (AvgIpc) is 2.59. The summed E-state index contributed by atoms with van der Waals surface area (Å²) in [6, 6.07) is 0. The van der Waals surface area contributed by atoms with E-state index in [0.29, 0.717) is 13.2 Å². The maximum Gasteiger partial charge on any atom is 0.115 e. The molecular formula is C20H42O3PSZn-. The molecule has 0 aliphatic carbocycles. The molecule has 0 aromatic carbocycles. The molecule has 3 nitrogen and oxygen atoms in total. The Hall–Kier alpha value is 1.15. The van der Waals surface area contributed by atoms with E-state index < -0.39 is 6.72 Å². The van der Waals surface area contributed by atoms with Crippen molar-refractivity contribution in [2.75, 3.05) is 13.2 Å². The van der Waals surface area contributed by atoms with Crippen molar-refractivity contribution < 1.29 is 33.4 Å². The number of unbranched alkanes of at least 4 members (excludes halogenated alkanes) is 14. The normalized spacial score (nSPS) is 11.5. The summed E-state index contributed by atoms with van der Waals surface area (Å²) in [5, 5.41) is 0. The fourth-order valence-corrected chi connectivity index (χ4v) is 4.09. The fraction of sp³-hybridized carbons (Fsp3) is 1.00. The van der Waals surface area contributed by atoms with Crippen LogP contribution in [0.15, 0.2) is 0 Å². The summed E-state index contributed by atoms with van der Waals surface area (Å²) in [5.74, 6) is 0. The number of hydrogen-bond donors (Lipinski definition) is 0. The quantitative estimate of drug-likeness (QED) is 0.113.